The van der Waals surface area contributed by atoms with Gasteiger partial charge >= 0.3 is 5.97 Å². The van der Waals surface area contributed by atoms with Gasteiger partial charge in [0.15, 0.2) is 0 Å². The summed E-state index contributed by atoms with van der Waals surface area (Å²) < 4.78 is 0. The van der Waals surface area contributed by atoms with E-state index in [1.165, 1.54) is 16.8 Å². The molecule has 3 aromatic carbocycles. The van der Waals surface area contributed by atoms with Gasteiger partial charge in [0.25, 0.3) is 0 Å². The van der Waals surface area contributed by atoms with Crippen LogP contribution in [0.25, 0.3) is 11.3 Å². The number of aromatic nitrogens is 1. The lowest BCUT2D eigenvalue weighted by atomic mass is 9.94. The predicted octanol–water partition coefficient (Wildman–Crippen LogP) is 7.33. The van der Waals surface area contributed by atoms with Crippen molar-refractivity contribution in [3.05, 3.63) is 99.9 Å². The molecule has 0 aliphatic rings. The van der Waals surface area contributed by atoms with Gasteiger partial charge in [-0.25, -0.2) is 4.98 Å². The maximum Gasteiger partial charge on any atom is 0.317 e. The van der Waals surface area contributed by atoms with Crippen LogP contribution in [0.15, 0.2) is 78.2 Å². The van der Waals surface area contributed by atoms with Crippen LogP contribution in [0.3, 0.4) is 0 Å². The minimum absolute atomic E-state index is 0.0719. The van der Waals surface area contributed by atoms with Gasteiger partial charge in [-0.15, -0.1) is 11.3 Å². The number of para-hydroxylation sites is 1. The number of hydrogen-bond acceptors (Lipinski definition) is 6. The number of benzene rings is 3. The van der Waals surface area contributed by atoms with Crippen molar-refractivity contribution < 1.29 is 14.7 Å². The van der Waals surface area contributed by atoms with E-state index < -0.39 is 5.97 Å². The molecule has 0 bridgehead atoms. The van der Waals surface area contributed by atoms with Crippen LogP contribution in [0.4, 0.5) is 11.4 Å². The van der Waals surface area contributed by atoms with E-state index in [9.17, 15) is 9.59 Å². The molecule has 0 unspecified atom stereocenters. The minimum atomic E-state index is -1.00. The third kappa shape index (κ3) is 8.99. The van der Waals surface area contributed by atoms with Gasteiger partial charge in [-0.05, 0) is 67.5 Å². The summed E-state index contributed by atoms with van der Waals surface area (Å²) in [6.07, 6.45) is 2.91. The summed E-state index contributed by atoms with van der Waals surface area (Å²) in [7, 11) is 0. The number of anilines is 2. The first kappa shape index (κ1) is 31.9. The first-order valence-corrected chi connectivity index (χ1v) is 15.9. The van der Waals surface area contributed by atoms with Crippen LogP contribution in [0, 0.1) is 0 Å². The highest BCUT2D eigenvalue weighted by Gasteiger charge is 2.15. The Bertz CT molecular complexity index is 1480. The Kier molecular flexibility index (Phi) is 11.5. The number of nitrogens with zero attached hydrogens (tertiary/aromatic N) is 2. The van der Waals surface area contributed by atoms with Crippen molar-refractivity contribution in [3.8, 4) is 11.3 Å². The standard InChI is InChI=1S/C35H42N4O3S/c1-5-26(6-2)27-15-17-30(18-16-27)39(24(3)4)22-25-11-13-28(14-12-25)32-23-43-34(38-32)19-29-9-7-8-10-31(29)37-33(40)20-36-21-35(41)42/h7-18,23-24,26,36H,5-6,19-22H2,1-4H3,(H,37,40)(H,41,42). The number of carboxylic acids is 1. The second kappa shape index (κ2) is 15.5. The summed E-state index contributed by atoms with van der Waals surface area (Å²) in [6.45, 7) is 9.48. The highest BCUT2D eigenvalue weighted by Crippen LogP contribution is 2.29. The number of amides is 1. The third-order valence-electron chi connectivity index (χ3n) is 7.65. The molecule has 1 amide bonds. The summed E-state index contributed by atoms with van der Waals surface area (Å²) in [5.41, 5.74) is 7.57. The molecule has 43 heavy (non-hydrogen) atoms. The minimum Gasteiger partial charge on any atom is -0.480 e. The highest BCUT2D eigenvalue weighted by molar-refractivity contribution is 7.10. The van der Waals surface area contributed by atoms with Crippen molar-refractivity contribution in [1.29, 1.82) is 0 Å². The molecule has 0 aliphatic heterocycles. The van der Waals surface area contributed by atoms with Gasteiger partial charge < -0.3 is 15.3 Å². The highest BCUT2D eigenvalue weighted by atomic mass is 32.1. The molecule has 0 aliphatic carbocycles. The zero-order valence-corrected chi connectivity index (χ0v) is 26.3. The quantitative estimate of drug-likeness (QED) is 0.133. The largest absolute Gasteiger partial charge is 0.480 e. The van der Waals surface area contributed by atoms with Crippen molar-refractivity contribution in [2.75, 3.05) is 23.3 Å². The number of aliphatic carboxylic acids is 1. The molecule has 0 saturated heterocycles. The first-order valence-electron chi connectivity index (χ1n) is 15.0. The average Bonchev–Trinajstić information content (AvgIpc) is 3.46. The van der Waals surface area contributed by atoms with Crippen molar-refractivity contribution >= 4 is 34.6 Å². The van der Waals surface area contributed by atoms with Crippen LogP contribution in [-0.4, -0.2) is 41.1 Å². The number of carbonyl (C=O) groups excluding carboxylic acids is 1. The Hall–Kier alpha value is -4.01. The predicted molar refractivity (Wildman–Crippen MR) is 177 cm³/mol. The third-order valence-corrected chi connectivity index (χ3v) is 8.50. The van der Waals surface area contributed by atoms with Crippen LogP contribution >= 0.6 is 11.3 Å². The van der Waals surface area contributed by atoms with Gasteiger partial charge in [-0.3, -0.25) is 14.9 Å². The molecule has 1 aromatic heterocycles. The van der Waals surface area contributed by atoms with Gasteiger partial charge in [0, 0.05) is 41.3 Å². The molecule has 3 N–H and O–H groups in total. The Morgan fingerprint density at radius 2 is 1.63 bits per heavy atom. The van der Waals surface area contributed by atoms with Crippen molar-refractivity contribution in [1.82, 2.24) is 10.3 Å². The van der Waals surface area contributed by atoms with Gasteiger partial charge in [-0.1, -0.05) is 68.4 Å². The smallest absolute Gasteiger partial charge is 0.317 e. The van der Waals surface area contributed by atoms with E-state index in [-0.39, 0.29) is 19.0 Å². The second-order valence-electron chi connectivity index (χ2n) is 11.0. The molecule has 226 valence electrons. The van der Waals surface area contributed by atoms with Crippen molar-refractivity contribution in [2.24, 2.45) is 0 Å². The monoisotopic (exact) mass is 598 g/mol. The van der Waals surface area contributed by atoms with Gasteiger partial charge in [0.2, 0.25) is 5.91 Å². The summed E-state index contributed by atoms with van der Waals surface area (Å²) in [4.78, 5) is 30.3. The molecule has 0 radical (unpaired) electrons. The zero-order valence-electron chi connectivity index (χ0n) is 25.5. The van der Waals surface area contributed by atoms with E-state index in [4.69, 9.17) is 10.1 Å². The van der Waals surface area contributed by atoms with Gasteiger partial charge in [0.1, 0.15) is 0 Å². The lowest BCUT2D eigenvalue weighted by Crippen LogP contribution is -2.32. The summed E-state index contributed by atoms with van der Waals surface area (Å²) in [5.74, 6) is -0.670. The lowest BCUT2D eigenvalue weighted by molar-refractivity contribution is -0.135. The normalized spacial score (nSPS) is 11.2. The first-order chi connectivity index (χ1) is 20.8. The van der Waals surface area contributed by atoms with Gasteiger partial charge in [0.05, 0.1) is 23.8 Å². The number of rotatable bonds is 15. The van der Waals surface area contributed by atoms with Crippen molar-refractivity contribution in [3.63, 3.8) is 0 Å². The Morgan fingerprint density at radius 1 is 0.930 bits per heavy atom. The van der Waals surface area contributed by atoms with Crippen LogP contribution in [0.5, 0.6) is 0 Å². The fourth-order valence-electron chi connectivity index (χ4n) is 5.21. The molecule has 7 nitrogen and oxygen atoms in total. The number of nitrogens with one attached hydrogen (secondary N) is 2. The number of thiazole rings is 1. The number of hydrogen-bond donors (Lipinski definition) is 3. The molecule has 0 saturated carbocycles. The topological polar surface area (TPSA) is 94.6 Å². The maximum atomic E-state index is 12.3. The fourth-order valence-corrected chi connectivity index (χ4v) is 6.04. The molecule has 8 heteroatoms. The van der Waals surface area contributed by atoms with Crippen LogP contribution in [-0.2, 0) is 22.6 Å². The number of carbonyl (C=O) groups is 2. The molecule has 0 atom stereocenters. The summed E-state index contributed by atoms with van der Waals surface area (Å²) in [5, 5.41) is 17.3. The summed E-state index contributed by atoms with van der Waals surface area (Å²) >= 11 is 1.60. The molecule has 0 fully saturated rings. The van der Waals surface area contributed by atoms with Crippen molar-refractivity contribution in [2.45, 2.75) is 65.5 Å². The molecular formula is C35H42N4O3S. The molecule has 4 rings (SSSR count). The average molecular weight is 599 g/mol. The SMILES string of the molecule is CCC(CC)c1ccc(N(Cc2ccc(-c3csc(Cc4ccccc4NC(=O)CNCC(=O)O)n3)cc2)C(C)C)cc1. The van der Waals surface area contributed by atoms with E-state index in [2.05, 4.69) is 97.1 Å². The zero-order chi connectivity index (χ0) is 30.8. The van der Waals surface area contributed by atoms with E-state index in [0.29, 0.717) is 24.1 Å². The number of carboxylic acid groups (broad SMARTS) is 1. The van der Waals surface area contributed by atoms with Crippen LogP contribution in [0.2, 0.25) is 0 Å². The van der Waals surface area contributed by atoms with Crippen LogP contribution in [0.1, 0.15) is 68.2 Å². The van der Waals surface area contributed by atoms with Gasteiger partial charge in [-0.2, -0.15) is 0 Å². The van der Waals surface area contributed by atoms with E-state index >= 15 is 0 Å². The lowest BCUT2D eigenvalue weighted by Gasteiger charge is -2.30. The second-order valence-corrected chi connectivity index (χ2v) is 12.0. The Labute approximate surface area is 259 Å². The Morgan fingerprint density at radius 3 is 2.28 bits per heavy atom. The summed E-state index contributed by atoms with van der Waals surface area (Å²) in [6, 6.07) is 25.7. The van der Waals surface area contributed by atoms with Crippen LogP contribution < -0.4 is 15.5 Å². The fraction of sp³-hybridized carbons (Fsp3) is 0.343. The Balaban J connectivity index is 1.40. The molecule has 1 heterocycles. The molecular weight excluding hydrogens is 556 g/mol. The maximum absolute atomic E-state index is 12.3. The van der Waals surface area contributed by atoms with E-state index in [1.807, 2.05) is 24.3 Å². The molecule has 4 aromatic rings. The molecule has 0 spiro atoms. The van der Waals surface area contributed by atoms with E-state index in [0.717, 1.165) is 41.2 Å². The van der Waals surface area contributed by atoms with E-state index in [1.54, 1.807) is 11.3 Å².